The van der Waals surface area contributed by atoms with Crippen molar-refractivity contribution in [2.45, 2.75) is 45.2 Å². The Morgan fingerprint density at radius 1 is 1.29 bits per heavy atom. The smallest absolute Gasteiger partial charge is 0.231 e. The molecule has 0 heterocycles. The van der Waals surface area contributed by atoms with Crippen LogP contribution in [-0.4, -0.2) is 29.9 Å². The highest BCUT2D eigenvalue weighted by Crippen LogP contribution is 2.26. The summed E-state index contributed by atoms with van der Waals surface area (Å²) in [5.74, 6) is -0.309. The van der Waals surface area contributed by atoms with Gasteiger partial charge in [-0.2, -0.15) is 0 Å². The highest BCUT2D eigenvalue weighted by atomic mass is 79.9. The molecule has 0 bridgehead atoms. The van der Waals surface area contributed by atoms with Gasteiger partial charge in [-0.05, 0) is 37.1 Å². The molecule has 0 aliphatic rings. The molecule has 0 aliphatic heterocycles. The lowest BCUT2D eigenvalue weighted by atomic mass is 9.96. The summed E-state index contributed by atoms with van der Waals surface area (Å²) in [6.07, 6.45) is 2.95. The molecule has 21 heavy (non-hydrogen) atoms. The summed E-state index contributed by atoms with van der Waals surface area (Å²) >= 11 is 3.45. The summed E-state index contributed by atoms with van der Waals surface area (Å²) < 4.78 is 1.03. The van der Waals surface area contributed by atoms with Crippen LogP contribution in [0.15, 0.2) is 28.7 Å². The number of carbonyl (C=O) groups is 1. The maximum absolute atomic E-state index is 11.4. The van der Waals surface area contributed by atoms with E-state index in [0.29, 0.717) is 0 Å². The molecule has 1 aromatic rings. The number of halogens is 1. The van der Waals surface area contributed by atoms with Crippen LogP contribution in [0.1, 0.15) is 44.7 Å². The molecule has 0 fully saturated rings. The van der Waals surface area contributed by atoms with Crippen molar-refractivity contribution < 1.29 is 4.79 Å². The molecule has 0 aliphatic carbocycles. The van der Waals surface area contributed by atoms with E-state index in [9.17, 15) is 4.79 Å². The maximum Gasteiger partial charge on any atom is 0.231 e. The Balaban J connectivity index is 3.05. The molecule has 2 unspecified atom stereocenters. The Labute approximate surface area is 136 Å². The normalized spacial score (nSPS) is 14.1. The fraction of sp³-hybridized carbons (Fsp3) is 0.562. The predicted molar refractivity (Wildman–Crippen MR) is 90.8 cm³/mol. The van der Waals surface area contributed by atoms with E-state index >= 15 is 0 Å². The first-order valence-electron chi connectivity index (χ1n) is 7.53. The number of primary amides is 1. The standard InChI is InChI=1S/C16H26BrN3O/c1-3-5-10-20(11-15(19)21)16(14(18)4-2)12-6-8-13(17)9-7-12/h6-9,14,16H,3-5,10-11,18H2,1-2H3,(H2,19,21). The Hall–Kier alpha value is -0.910. The summed E-state index contributed by atoms with van der Waals surface area (Å²) in [4.78, 5) is 13.5. The SMILES string of the molecule is CCCCN(CC(N)=O)C(c1ccc(Br)cc1)C(N)CC. The summed E-state index contributed by atoms with van der Waals surface area (Å²) in [5, 5.41) is 0. The Bertz CT molecular complexity index is 436. The second-order valence-corrected chi connectivity index (χ2v) is 6.27. The molecule has 2 atom stereocenters. The highest BCUT2D eigenvalue weighted by Gasteiger charge is 2.26. The van der Waals surface area contributed by atoms with E-state index in [1.54, 1.807) is 0 Å². The van der Waals surface area contributed by atoms with Crippen LogP contribution in [0.3, 0.4) is 0 Å². The lowest BCUT2D eigenvalue weighted by molar-refractivity contribution is -0.119. The van der Waals surface area contributed by atoms with Gasteiger partial charge in [-0.25, -0.2) is 0 Å². The Kier molecular flexibility index (Phi) is 7.93. The van der Waals surface area contributed by atoms with Crippen molar-refractivity contribution in [3.8, 4) is 0 Å². The van der Waals surface area contributed by atoms with Crippen molar-refractivity contribution in [2.24, 2.45) is 11.5 Å². The Morgan fingerprint density at radius 3 is 2.38 bits per heavy atom. The summed E-state index contributed by atoms with van der Waals surface area (Å²) in [7, 11) is 0. The van der Waals surface area contributed by atoms with Crippen LogP contribution < -0.4 is 11.5 Å². The molecule has 0 spiro atoms. The van der Waals surface area contributed by atoms with Gasteiger partial charge in [-0.3, -0.25) is 9.69 Å². The minimum absolute atomic E-state index is 0.0159. The third kappa shape index (κ3) is 5.77. The number of carbonyl (C=O) groups excluding carboxylic acids is 1. The van der Waals surface area contributed by atoms with Crippen molar-refractivity contribution in [3.05, 3.63) is 34.3 Å². The fourth-order valence-electron chi connectivity index (χ4n) is 2.49. The van der Waals surface area contributed by atoms with Gasteiger partial charge in [0.25, 0.3) is 0 Å². The number of hydrogen-bond acceptors (Lipinski definition) is 3. The largest absolute Gasteiger partial charge is 0.369 e. The van der Waals surface area contributed by atoms with Gasteiger partial charge in [0.2, 0.25) is 5.91 Å². The van der Waals surface area contributed by atoms with Gasteiger partial charge in [0.15, 0.2) is 0 Å². The van der Waals surface area contributed by atoms with E-state index in [1.165, 1.54) is 0 Å². The second kappa shape index (κ2) is 9.18. The first-order chi connectivity index (χ1) is 9.99. The summed E-state index contributed by atoms with van der Waals surface area (Å²) in [5.41, 5.74) is 12.9. The van der Waals surface area contributed by atoms with Crippen molar-refractivity contribution in [2.75, 3.05) is 13.1 Å². The minimum atomic E-state index is -0.309. The molecule has 0 radical (unpaired) electrons. The molecule has 4 nitrogen and oxygen atoms in total. The number of benzene rings is 1. The quantitative estimate of drug-likeness (QED) is 0.715. The highest BCUT2D eigenvalue weighted by molar-refractivity contribution is 9.10. The van der Waals surface area contributed by atoms with Crippen LogP contribution in [0, 0.1) is 0 Å². The minimum Gasteiger partial charge on any atom is -0.369 e. The zero-order valence-corrected chi connectivity index (χ0v) is 14.5. The molecule has 4 N–H and O–H groups in total. The van der Waals surface area contributed by atoms with Gasteiger partial charge < -0.3 is 11.5 Å². The van der Waals surface area contributed by atoms with Crippen molar-refractivity contribution in [1.82, 2.24) is 4.90 Å². The number of unbranched alkanes of at least 4 members (excludes halogenated alkanes) is 1. The summed E-state index contributed by atoms with van der Waals surface area (Å²) in [6.45, 7) is 5.28. The van der Waals surface area contributed by atoms with Gasteiger partial charge in [0.05, 0.1) is 12.6 Å². The molecule has 1 aromatic carbocycles. The average Bonchev–Trinajstić information content (AvgIpc) is 2.46. The average molecular weight is 356 g/mol. The van der Waals surface area contributed by atoms with Crippen LogP contribution in [0.4, 0.5) is 0 Å². The van der Waals surface area contributed by atoms with E-state index in [4.69, 9.17) is 11.5 Å². The van der Waals surface area contributed by atoms with Crippen molar-refractivity contribution in [1.29, 1.82) is 0 Å². The van der Waals surface area contributed by atoms with Crippen LogP contribution in [0.5, 0.6) is 0 Å². The molecule has 5 heteroatoms. The molecule has 1 rings (SSSR count). The number of rotatable bonds is 9. The molecular formula is C16H26BrN3O. The van der Waals surface area contributed by atoms with Crippen molar-refractivity contribution >= 4 is 21.8 Å². The zero-order valence-electron chi connectivity index (χ0n) is 12.9. The summed E-state index contributed by atoms with van der Waals surface area (Å²) in [6, 6.07) is 8.12. The van der Waals surface area contributed by atoms with Crippen LogP contribution in [-0.2, 0) is 4.79 Å². The molecule has 1 amide bonds. The van der Waals surface area contributed by atoms with Crippen molar-refractivity contribution in [3.63, 3.8) is 0 Å². The van der Waals surface area contributed by atoms with Crippen LogP contribution in [0.25, 0.3) is 0 Å². The van der Waals surface area contributed by atoms with E-state index < -0.39 is 0 Å². The third-order valence-electron chi connectivity index (χ3n) is 3.64. The Morgan fingerprint density at radius 2 is 1.90 bits per heavy atom. The van der Waals surface area contributed by atoms with Gasteiger partial charge in [0, 0.05) is 10.5 Å². The molecule has 118 valence electrons. The van der Waals surface area contributed by atoms with Gasteiger partial charge in [0.1, 0.15) is 0 Å². The van der Waals surface area contributed by atoms with Gasteiger partial charge >= 0.3 is 0 Å². The third-order valence-corrected chi connectivity index (χ3v) is 4.17. The molecular weight excluding hydrogens is 330 g/mol. The zero-order chi connectivity index (χ0) is 15.8. The molecule has 0 aromatic heterocycles. The number of hydrogen-bond donors (Lipinski definition) is 2. The van der Waals surface area contributed by atoms with E-state index in [2.05, 4.69) is 46.8 Å². The number of amides is 1. The molecule has 0 saturated carbocycles. The van der Waals surface area contributed by atoms with E-state index in [1.807, 2.05) is 12.1 Å². The van der Waals surface area contributed by atoms with Gasteiger partial charge in [-0.15, -0.1) is 0 Å². The van der Waals surface area contributed by atoms with E-state index in [-0.39, 0.29) is 24.5 Å². The topological polar surface area (TPSA) is 72.3 Å². The van der Waals surface area contributed by atoms with E-state index in [0.717, 1.165) is 35.8 Å². The second-order valence-electron chi connectivity index (χ2n) is 5.36. The number of nitrogens with two attached hydrogens (primary N) is 2. The maximum atomic E-state index is 11.4. The monoisotopic (exact) mass is 355 g/mol. The molecule has 0 saturated heterocycles. The van der Waals surface area contributed by atoms with Gasteiger partial charge in [-0.1, -0.05) is 48.3 Å². The number of nitrogens with zero attached hydrogens (tertiary/aromatic N) is 1. The predicted octanol–water partition coefficient (Wildman–Crippen LogP) is 2.81. The fourth-order valence-corrected chi connectivity index (χ4v) is 2.75. The first kappa shape index (κ1) is 18.1. The lowest BCUT2D eigenvalue weighted by Gasteiger charge is -2.35. The van der Waals surface area contributed by atoms with Crippen LogP contribution >= 0.6 is 15.9 Å². The lowest BCUT2D eigenvalue weighted by Crippen LogP contribution is -2.45. The van der Waals surface area contributed by atoms with Crippen LogP contribution in [0.2, 0.25) is 0 Å². The first-order valence-corrected chi connectivity index (χ1v) is 8.32.